The molecule has 0 N–H and O–H groups in total. The fourth-order valence-electron chi connectivity index (χ4n) is 2.25. The Bertz CT molecular complexity index is 573. The first-order chi connectivity index (χ1) is 10.6. The summed E-state index contributed by atoms with van der Waals surface area (Å²) in [5, 5.41) is 0. The van der Waals surface area contributed by atoms with Crippen LogP contribution >= 0.6 is 0 Å². The van der Waals surface area contributed by atoms with E-state index in [1.807, 2.05) is 31.2 Å². The van der Waals surface area contributed by atoms with Crippen molar-refractivity contribution in [2.24, 2.45) is 4.99 Å². The number of hydrogen-bond donors (Lipinski definition) is 0. The van der Waals surface area contributed by atoms with Crippen LogP contribution in [0.1, 0.15) is 45.1 Å². The molecule has 4 nitrogen and oxygen atoms in total. The van der Waals surface area contributed by atoms with Gasteiger partial charge in [0.25, 0.3) is 5.91 Å². The molecule has 1 aliphatic rings. The second-order valence-corrected chi connectivity index (χ2v) is 5.53. The number of amides is 1. The van der Waals surface area contributed by atoms with Crippen molar-refractivity contribution in [2.45, 2.75) is 39.5 Å². The van der Waals surface area contributed by atoms with E-state index in [4.69, 9.17) is 4.74 Å². The highest BCUT2D eigenvalue weighted by Gasteiger charge is 2.23. The molecule has 1 aromatic carbocycles. The van der Waals surface area contributed by atoms with Crippen LogP contribution in [-0.4, -0.2) is 30.3 Å². The molecule has 0 radical (unpaired) electrons. The Labute approximate surface area is 132 Å². The molecule has 0 spiro atoms. The van der Waals surface area contributed by atoms with Gasteiger partial charge in [0, 0.05) is 7.05 Å². The van der Waals surface area contributed by atoms with Gasteiger partial charge in [-0.25, -0.2) is 4.99 Å². The van der Waals surface area contributed by atoms with Gasteiger partial charge in [0.05, 0.1) is 6.61 Å². The third kappa shape index (κ3) is 4.20. The Morgan fingerprint density at radius 3 is 2.50 bits per heavy atom. The number of carbonyl (C=O) groups is 1. The Morgan fingerprint density at radius 1 is 1.18 bits per heavy atom. The summed E-state index contributed by atoms with van der Waals surface area (Å²) in [6, 6.07) is 7.77. The van der Waals surface area contributed by atoms with Crippen molar-refractivity contribution in [1.82, 2.24) is 4.90 Å². The molecule has 0 bridgehead atoms. The molecular formula is C18H24N2O2. The Kier molecular flexibility index (Phi) is 5.75. The highest BCUT2D eigenvalue weighted by atomic mass is 16.5. The standard InChI is InChI=1S/C18H24N2O2/c1-4-5-6-7-12-22-16-10-8-15(9-11-16)13-17-18(21)20(3)14(2)19-17/h8-11,13H,4-7,12H2,1-3H3/b17-13+. The van der Waals surface area contributed by atoms with E-state index in [0.717, 1.165) is 30.2 Å². The fourth-order valence-corrected chi connectivity index (χ4v) is 2.25. The van der Waals surface area contributed by atoms with Crippen molar-refractivity contribution in [3.8, 4) is 5.75 Å². The van der Waals surface area contributed by atoms with Gasteiger partial charge in [0.1, 0.15) is 17.3 Å². The van der Waals surface area contributed by atoms with E-state index < -0.39 is 0 Å². The van der Waals surface area contributed by atoms with Crippen LogP contribution in [0.3, 0.4) is 0 Å². The summed E-state index contributed by atoms with van der Waals surface area (Å²) in [6.45, 7) is 4.79. The third-order valence-electron chi connectivity index (χ3n) is 3.74. The van der Waals surface area contributed by atoms with E-state index in [1.54, 1.807) is 18.0 Å². The normalized spacial score (nSPS) is 16.3. The number of unbranched alkanes of at least 4 members (excludes halogenated alkanes) is 3. The van der Waals surface area contributed by atoms with Gasteiger partial charge in [-0.15, -0.1) is 0 Å². The van der Waals surface area contributed by atoms with Gasteiger partial charge in [-0.2, -0.15) is 0 Å². The first-order valence-corrected chi connectivity index (χ1v) is 7.89. The maximum absolute atomic E-state index is 11.9. The molecule has 0 saturated carbocycles. The number of aliphatic imine (C=N–C) groups is 1. The van der Waals surface area contributed by atoms with Crippen LogP contribution in [-0.2, 0) is 4.79 Å². The first kappa shape index (κ1) is 16.3. The number of benzene rings is 1. The minimum absolute atomic E-state index is 0.0613. The van der Waals surface area contributed by atoms with Gasteiger partial charge in [-0.1, -0.05) is 38.3 Å². The largest absolute Gasteiger partial charge is 0.494 e. The first-order valence-electron chi connectivity index (χ1n) is 7.89. The van der Waals surface area contributed by atoms with Crippen molar-refractivity contribution in [2.75, 3.05) is 13.7 Å². The Hall–Kier alpha value is -2.10. The van der Waals surface area contributed by atoms with Gasteiger partial charge in [0.15, 0.2) is 0 Å². The zero-order valence-electron chi connectivity index (χ0n) is 13.6. The molecule has 0 aromatic heterocycles. The molecule has 0 saturated heterocycles. The van der Waals surface area contributed by atoms with E-state index in [1.165, 1.54) is 19.3 Å². The molecule has 0 atom stereocenters. The number of ether oxygens (including phenoxy) is 1. The number of rotatable bonds is 7. The fraction of sp³-hybridized carbons (Fsp3) is 0.444. The molecule has 22 heavy (non-hydrogen) atoms. The average Bonchev–Trinajstić information content (AvgIpc) is 2.76. The predicted molar refractivity (Wildman–Crippen MR) is 89.9 cm³/mol. The minimum atomic E-state index is -0.0613. The maximum Gasteiger partial charge on any atom is 0.277 e. The molecule has 1 aromatic rings. The smallest absolute Gasteiger partial charge is 0.277 e. The number of carbonyl (C=O) groups excluding carboxylic acids is 1. The summed E-state index contributed by atoms with van der Waals surface area (Å²) in [5.74, 6) is 1.53. The van der Waals surface area contributed by atoms with Crippen LogP contribution in [0.5, 0.6) is 5.75 Å². The molecule has 1 amide bonds. The van der Waals surface area contributed by atoms with Crippen molar-refractivity contribution >= 4 is 17.8 Å². The molecule has 2 rings (SSSR count). The Morgan fingerprint density at radius 2 is 1.91 bits per heavy atom. The minimum Gasteiger partial charge on any atom is -0.494 e. The van der Waals surface area contributed by atoms with Gasteiger partial charge < -0.3 is 4.74 Å². The molecule has 118 valence electrons. The molecule has 4 heteroatoms. The SMILES string of the molecule is CCCCCCOc1ccc(/C=C2/N=C(C)N(C)C2=O)cc1. The topological polar surface area (TPSA) is 41.9 Å². The van der Waals surface area contributed by atoms with Crippen LogP contribution in [0.25, 0.3) is 6.08 Å². The van der Waals surface area contributed by atoms with Gasteiger partial charge in [-0.3, -0.25) is 9.69 Å². The third-order valence-corrected chi connectivity index (χ3v) is 3.74. The highest BCUT2D eigenvalue weighted by molar-refractivity contribution is 6.13. The zero-order valence-corrected chi connectivity index (χ0v) is 13.6. The van der Waals surface area contributed by atoms with Crippen LogP contribution in [0, 0.1) is 0 Å². The van der Waals surface area contributed by atoms with Crippen LogP contribution in [0.15, 0.2) is 35.0 Å². The van der Waals surface area contributed by atoms with Crippen molar-refractivity contribution < 1.29 is 9.53 Å². The van der Waals surface area contributed by atoms with E-state index in [9.17, 15) is 4.79 Å². The van der Waals surface area contributed by atoms with E-state index in [-0.39, 0.29) is 5.91 Å². The van der Waals surface area contributed by atoms with Crippen LogP contribution in [0.4, 0.5) is 0 Å². The summed E-state index contributed by atoms with van der Waals surface area (Å²) in [7, 11) is 1.73. The lowest BCUT2D eigenvalue weighted by molar-refractivity contribution is -0.121. The molecule has 0 fully saturated rings. The lowest BCUT2D eigenvalue weighted by Gasteiger charge is -2.07. The molecule has 1 aliphatic heterocycles. The van der Waals surface area contributed by atoms with Crippen LogP contribution < -0.4 is 4.74 Å². The maximum atomic E-state index is 11.9. The number of likely N-dealkylation sites (N-methyl/N-ethyl adjacent to an activating group) is 1. The van der Waals surface area contributed by atoms with E-state index >= 15 is 0 Å². The predicted octanol–water partition coefficient (Wildman–Crippen LogP) is 3.88. The van der Waals surface area contributed by atoms with Crippen molar-refractivity contribution in [1.29, 1.82) is 0 Å². The highest BCUT2D eigenvalue weighted by Crippen LogP contribution is 2.19. The van der Waals surface area contributed by atoms with Crippen LogP contribution in [0.2, 0.25) is 0 Å². The summed E-state index contributed by atoms with van der Waals surface area (Å²) in [6.07, 6.45) is 6.61. The summed E-state index contributed by atoms with van der Waals surface area (Å²) < 4.78 is 5.71. The second kappa shape index (κ2) is 7.78. The summed E-state index contributed by atoms with van der Waals surface area (Å²) in [4.78, 5) is 17.8. The number of hydrogen-bond acceptors (Lipinski definition) is 3. The second-order valence-electron chi connectivity index (χ2n) is 5.53. The molecule has 0 aliphatic carbocycles. The lowest BCUT2D eigenvalue weighted by atomic mass is 10.2. The number of amidine groups is 1. The van der Waals surface area contributed by atoms with E-state index in [2.05, 4.69) is 11.9 Å². The quantitative estimate of drug-likeness (QED) is 0.566. The summed E-state index contributed by atoms with van der Waals surface area (Å²) >= 11 is 0. The lowest BCUT2D eigenvalue weighted by Crippen LogP contribution is -2.25. The van der Waals surface area contributed by atoms with Gasteiger partial charge in [0.2, 0.25) is 0 Å². The zero-order chi connectivity index (χ0) is 15.9. The monoisotopic (exact) mass is 300 g/mol. The summed E-state index contributed by atoms with van der Waals surface area (Å²) in [5.41, 5.74) is 1.43. The van der Waals surface area contributed by atoms with Gasteiger partial charge in [-0.05, 0) is 37.1 Å². The average molecular weight is 300 g/mol. The Balaban J connectivity index is 1.91. The molecular weight excluding hydrogens is 276 g/mol. The number of nitrogens with zero attached hydrogens (tertiary/aromatic N) is 2. The molecule has 0 unspecified atom stereocenters. The van der Waals surface area contributed by atoms with Crippen molar-refractivity contribution in [3.05, 3.63) is 35.5 Å². The van der Waals surface area contributed by atoms with Crippen molar-refractivity contribution in [3.63, 3.8) is 0 Å². The van der Waals surface area contributed by atoms with Gasteiger partial charge >= 0.3 is 0 Å². The van der Waals surface area contributed by atoms with E-state index in [0.29, 0.717) is 5.70 Å². The molecule has 1 heterocycles.